The number of benzene rings is 2. The van der Waals surface area contributed by atoms with Gasteiger partial charge in [-0.3, -0.25) is 14.6 Å². The Morgan fingerprint density at radius 1 is 1.04 bits per heavy atom. The van der Waals surface area contributed by atoms with Crippen molar-refractivity contribution in [3.63, 3.8) is 0 Å². The van der Waals surface area contributed by atoms with E-state index < -0.39 is 0 Å². The number of nitrogens with one attached hydrogen (secondary N) is 1. The quantitative estimate of drug-likeness (QED) is 0.759. The van der Waals surface area contributed by atoms with E-state index in [-0.39, 0.29) is 17.8 Å². The van der Waals surface area contributed by atoms with Gasteiger partial charge in [-0.05, 0) is 36.8 Å². The Labute approximate surface area is 166 Å². The molecule has 0 bridgehead atoms. The molecule has 1 unspecified atom stereocenters. The van der Waals surface area contributed by atoms with Crippen LogP contribution < -0.4 is 10.1 Å². The highest BCUT2D eigenvalue weighted by molar-refractivity contribution is 5.78. The van der Waals surface area contributed by atoms with Crippen LogP contribution in [0.25, 0.3) is 0 Å². The van der Waals surface area contributed by atoms with Gasteiger partial charge in [0.15, 0.2) is 0 Å². The third-order valence-electron chi connectivity index (χ3n) is 5.00. The van der Waals surface area contributed by atoms with E-state index in [4.69, 9.17) is 4.74 Å². The summed E-state index contributed by atoms with van der Waals surface area (Å²) in [6, 6.07) is 15.9. The number of carbonyl (C=O) groups is 1. The van der Waals surface area contributed by atoms with Crippen molar-refractivity contribution in [3.05, 3.63) is 66.0 Å². The Hall–Kier alpha value is -2.44. The molecule has 1 fully saturated rings. The second-order valence-electron chi connectivity index (χ2n) is 7.12. The fraction of sp³-hybridized carbons (Fsp3) is 0.409. The van der Waals surface area contributed by atoms with Gasteiger partial charge in [-0.15, -0.1) is 0 Å². The van der Waals surface area contributed by atoms with Crippen LogP contribution in [0.5, 0.6) is 5.75 Å². The Kier molecular flexibility index (Phi) is 7.39. The zero-order valence-electron chi connectivity index (χ0n) is 16.3. The van der Waals surface area contributed by atoms with E-state index >= 15 is 0 Å². The normalized spacial score (nSPS) is 16.5. The molecule has 1 amide bonds. The molecule has 1 aliphatic rings. The maximum atomic E-state index is 13.0. The molecule has 0 aromatic heterocycles. The lowest BCUT2D eigenvalue weighted by Gasteiger charge is -2.34. The molecule has 2 aromatic rings. The number of carbonyl (C=O) groups excluding carboxylic acids is 1. The first-order chi connectivity index (χ1) is 13.6. The van der Waals surface area contributed by atoms with Gasteiger partial charge in [0.2, 0.25) is 5.91 Å². The number of hydrogen-bond acceptors (Lipinski definition) is 4. The molecule has 0 saturated carbocycles. The van der Waals surface area contributed by atoms with Crippen LogP contribution in [0.3, 0.4) is 0 Å². The molecule has 1 heterocycles. The van der Waals surface area contributed by atoms with E-state index in [0.717, 1.165) is 44.0 Å². The number of nitrogens with zero attached hydrogens (tertiary/aromatic N) is 2. The smallest absolute Gasteiger partial charge is 0.234 e. The van der Waals surface area contributed by atoms with Gasteiger partial charge in [0.1, 0.15) is 18.2 Å². The van der Waals surface area contributed by atoms with Crippen LogP contribution in [0.1, 0.15) is 18.5 Å². The van der Waals surface area contributed by atoms with Gasteiger partial charge in [-0.1, -0.05) is 30.3 Å². The molecule has 28 heavy (non-hydrogen) atoms. The van der Waals surface area contributed by atoms with Gasteiger partial charge in [0.25, 0.3) is 0 Å². The molecule has 0 radical (unpaired) electrons. The highest BCUT2D eigenvalue weighted by Gasteiger charge is 2.19. The number of amides is 1. The number of halogens is 1. The molecule has 2 aromatic carbocycles. The summed E-state index contributed by atoms with van der Waals surface area (Å²) in [5.74, 6) is 0.625. The minimum Gasteiger partial charge on any atom is -0.492 e. The predicted molar refractivity (Wildman–Crippen MR) is 108 cm³/mol. The van der Waals surface area contributed by atoms with Crippen LogP contribution >= 0.6 is 0 Å². The van der Waals surface area contributed by atoms with Crippen LogP contribution in [-0.2, 0) is 4.79 Å². The van der Waals surface area contributed by atoms with Crippen molar-refractivity contribution in [2.24, 2.45) is 0 Å². The first kappa shape index (κ1) is 20.3. The maximum Gasteiger partial charge on any atom is 0.234 e. The van der Waals surface area contributed by atoms with Crippen LogP contribution in [0.4, 0.5) is 4.39 Å². The summed E-state index contributed by atoms with van der Waals surface area (Å²) < 4.78 is 18.8. The van der Waals surface area contributed by atoms with Gasteiger partial charge in [-0.25, -0.2) is 4.39 Å². The van der Waals surface area contributed by atoms with Crippen molar-refractivity contribution in [2.75, 3.05) is 45.9 Å². The second-order valence-corrected chi connectivity index (χ2v) is 7.12. The van der Waals surface area contributed by atoms with E-state index in [0.29, 0.717) is 13.2 Å². The summed E-state index contributed by atoms with van der Waals surface area (Å²) in [5.41, 5.74) is 0.901. The average molecular weight is 385 g/mol. The lowest BCUT2D eigenvalue weighted by molar-refractivity contribution is -0.123. The number of ether oxygens (including phenoxy) is 1. The molecular weight excluding hydrogens is 357 g/mol. The monoisotopic (exact) mass is 385 g/mol. The van der Waals surface area contributed by atoms with Gasteiger partial charge in [-0.2, -0.15) is 0 Å². The first-order valence-corrected chi connectivity index (χ1v) is 9.77. The highest BCUT2D eigenvalue weighted by atomic mass is 19.1. The zero-order chi connectivity index (χ0) is 19.8. The minimum absolute atomic E-state index is 0.00214. The topological polar surface area (TPSA) is 44.8 Å². The summed E-state index contributed by atoms with van der Waals surface area (Å²) in [6.45, 7) is 7.44. The van der Waals surface area contributed by atoms with Crippen LogP contribution in [-0.4, -0.2) is 61.6 Å². The van der Waals surface area contributed by atoms with E-state index in [9.17, 15) is 9.18 Å². The molecule has 5 nitrogen and oxygen atoms in total. The number of para-hydroxylation sites is 1. The number of rotatable bonds is 8. The van der Waals surface area contributed by atoms with Crippen molar-refractivity contribution < 1.29 is 13.9 Å². The third-order valence-corrected chi connectivity index (χ3v) is 5.00. The molecule has 6 heteroatoms. The fourth-order valence-corrected chi connectivity index (χ4v) is 3.31. The maximum absolute atomic E-state index is 13.0. The average Bonchev–Trinajstić information content (AvgIpc) is 2.70. The summed E-state index contributed by atoms with van der Waals surface area (Å²) in [7, 11) is 0. The van der Waals surface area contributed by atoms with Crippen molar-refractivity contribution in [1.82, 2.24) is 15.1 Å². The van der Waals surface area contributed by atoms with E-state index in [1.54, 1.807) is 12.1 Å². The minimum atomic E-state index is -0.269. The Bertz CT molecular complexity index is 731. The van der Waals surface area contributed by atoms with Gasteiger partial charge in [0, 0.05) is 32.7 Å². The third kappa shape index (κ3) is 6.32. The van der Waals surface area contributed by atoms with Gasteiger partial charge in [0.05, 0.1) is 12.6 Å². The number of hydrogen-bond donors (Lipinski definition) is 1. The molecule has 1 aliphatic heterocycles. The molecule has 150 valence electrons. The van der Waals surface area contributed by atoms with E-state index in [2.05, 4.69) is 15.1 Å². The first-order valence-electron chi connectivity index (χ1n) is 9.77. The Balaban J connectivity index is 1.33. The molecule has 0 spiro atoms. The van der Waals surface area contributed by atoms with E-state index in [1.807, 2.05) is 37.3 Å². The van der Waals surface area contributed by atoms with Crippen molar-refractivity contribution in [3.8, 4) is 5.75 Å². The molecular formula is C22H28FN3O2. The van der Waals surface area contributed by atoms with Gasteiger partial charge >= 0.3 is 0 Å². The highest BCUT2D eigenvalue weighted by Crippen LogP contribution is 2.13. The van der Waals surface area contributed by atoms with E-state index in [1.165, 1.54) is 12.1 Å². The second kappa shape index (κ2) is 10.2. The molecule has 0 aliphatic carbocycles. The molecule has 1 atom stereocenters. The lowest BCUT2D eigenvalue weighted by Crippen LogP contribution is -2.50. The van der Waals surface area contributed by atoms with Crippen molar-refractivity contribution in [2.45, 2.75) is 13.0 Å². The summed E-state index contributed by atoms with van der Waals surface area (Å²) >= 11 is 0. The summed E-state index contributed by atoms with van der Waals surface area (Å²) in [4.78, 5) is 16.8. The van der Waals surface area contributed by atoms with Crippen molar-refractivity contribution >= 4 is 5.91 Å². The van der Waals surface area contributed by atoms with Gasteiger partial charge < -0.3 is 10.1 Å². The summed E-state index contributed by atoms with van der Waals surface area (Å²) in [5, 5.41) is 2.99. The largest absolute Gasteiger partial charge is 0.492 e. The summed E-state index contributed by atoms with van der Waals surface area (Å²) in [6.07, 6.45) is 0. The number of piperazine rings is 1. The molecule has 1 N–H and O–H groups in total. The van der Waals surface area contributed by atoms with Crippen molar-refractivity contribution in [1.29, 1.82) is 0 Å². The fourth-order valence-electron chi connectivity index (χ4n) is 3.31. The van der Waals surface area contributed by atoms with Crippen LogP contribution in [0.15, 0.2) is 54.6 Å². The predicted octanol–water partition coefficient (Wildman–Crippen LogP) is 2.70. The Morgan fingerprint density at radius 2 is 1.68 bits per heavy atom. The molecule has 3 rings (SSSR count). The standard InChI is InChI=1S/C22H28FN3O2/c1-18(19-7-9-20(23)10-8-19)24-22(27)17-26-13-11-25(12-14-26)15-16-28-21-5-3-2-4-6-21/h2-10,18H,11-17H2,1H3,(H,24,27). The lowest BCUT2D eigenvalue weighted by atomic mass is 10.1. The Morgan fingerprint density at radius 3 is 2.36 bits per heavy atom. The zero-order valence-corrected chi connectivity index (χ0v) is 16.3. The van der Waals surface area contributed by atoms with Crippen LogP contribution in [0.2, 0.25) is 0 Å². The molecule has 1 saturated heterocycles. The SMILES string of the molecule is CC(NC(=O)CN1CCN(CCOc2ccccc2)CC1)c1ccc(F)cc1. The van der Waals surface area contributed by atoms with Crippen LogP contribution in [0, 0.1) is 5.82 Å².